The summed E-state index contributed by atoms with van der Waals surface area (Å²) in [4.78, 5) is 4.11. The zero-order valence-electron chi connectivity index (χ0n) is 7.75. The fourth-order valence-corrected chi connectivity index (χ4v) is 1.31. The first-order valence-electron chi connectivity index (χ1n) is 4.13. The Morgan fingerprint density at radius 1 is 1.46 bits per heavy atom. The fourth-order valence-electron chi connectivity index (χ4n) is 1.04. The van der Waals surface area contributed by atoms with Crippen LogP contribution in [0.5, 0.6) is 5.75 Å². The molecule has 1 aromatic rings. The van der Waals surface area contributed by atoms with Gasteiger partial charge in [-0.3, -0.25) is 4.99 Å². The molecule has 0 aliphatic heterocycles. The topological polar surface area (TPSA) is 21.6 Å². The summed E-state index contributed by atoms with van der Waals surface area (Å²) in [6.07, 6.45) is 0. The third-order valence-corrected chi connectivity index (χ3v) is 1.95. The summed E-state index contributed by atoms with van der Waals surface area (Å²) in [5.74, 6) is 0.754. The fraction of sp³-hybridized carbons (Fsp3) is 0.300. The second kappa shape index (κ2) is 4.87. The van der Waals surface area contributed by atoms with Crippen LogP contribution in [0.1, 0.15) is 12.5 Å². The number of hydrogen-bond acceptors (Lipinski definition) is 2. The van der Waals surface area contributed by atoms with Gasteiger partial charge in [0, 0.05) is 6.54 Å². The van der Waals surface area contributed by atoms with Crippen LogP contribution in [0.25, 0.3) is 0 Å². The van der Waals surface area contributed by atoms with Crippen molar-refractivity contribution in [2.75, 3.05) is 13.7 Å². The maximum absolute atomic E-state index is 5.96. The maximum Gasteiger partial charge on any atom is 0.134 e. The van der Waals surface area contributed by atoms with Crippen molar-refractivity contribution >= 4 is 16.8 Å². The molecule has 2 nitrogen and oxygen atoms in total. The van der Waals surface area contributed by atoms with Crippen molar-refractivity contribution < 1.29 is 4.74 Å². The molecule has 0 radical (unpaired) electrons. The van der Waals surface area contributed by atoms with Gasteiger partial charge in [0.25, 0.3) is 0 Å². The van der Waals surface area contributed by atoms with E-state index in [1.807, 2.05) is 31.2 Å². The number of rotatable bonds is 3. The second-order valence-corrected chi connectivity index (χ2v) is 2.82. The standard InChI is InChI=1S/C10H12ClNO/c1-3-12-10(11)8-6-4-5-7-9(8)13-2/h4-7H,3H2,1-2H3/b12-10-. The molecule has 0 amide bonds. The lowest BCUT2D eigenvalue weighted by Crippen LogP contribution is -1.96. The van der Waals surface area contributed by atoms with Crippen LogP contribution in [0.2, 0.25) is 0 Å². The number of para-hydroxylation sites is 1. The van der Waals surface area contributed by atoms with E-state index in [1.54, 1.807) is 7.11 Å². The van der Waals surface area contributed by atoms with Gasteiger partial charge in [0.05, 0.1) is 12.7 Å². The van der Waals surface area contributed by atoms with Crippen LogP contribution in [-0.2, 0) is 0 Å². The first-order valence-corrected chi connectivity index (χ1v) is 4.50. The molecule has 0 saturated carbocycles. The highest BCUT2D eigenvalue weighted by Crippen LogP contribution is 2.19. The van der Waals surface area contributed by atoms with Gasteiger partial charge in [0.1, 0.15) is 10.9 Å². The summed E-state index contributed by atoms with van der Waals surface area (Å²) >= 11 is 5.96. The van der Waals surface area contributed by atoms with Gasteiger partial charge in [-0.15, -0.1) is 0 Å². The number of hydrogen-bond donors (Lipinski definition) is 0. The van der Waals surface area contributed by atoms with Crippen LogP contribution in [0.3, 0.4) is 0 Å². The molecule has 70 valence electrons. The maximum atomic E-state index is 5.96. The largest absolute Gasteiger partial charge is 0.496 e. The summed E-state index contributed by atoms with van der Waals surface area (Å²) < 4.78 is 5.15. The molecular formula is C10H12ClNO. The Labute approximate surface area is 83.2 Å². The number of nitrogens with zero attached hydrogens (tertiary/aromatic N) is 1. The van der Waals surface area contributed by atoms with E-state index in [2.05, 4.69) is 4.99 Å². The smallest absolute Gasteiger partial charge is 0.134 e. The van der Waals surface area contributed by atoms with E-state index >= 15 is 0 Å². The first kappa shape index (κ1) is 10.1. The van der Waals surface area contributed by atoms with Crippen LogP contribution in [0.4, 0.5) is 0 Å². The minimum Gasteiger partial charge on any atom is -0.496 e. The van der Waals surface area contributed by atoms with Crippen LogP contribution in [0.15, 0.2) is 29.3 Å². The number of ether oxygens (including phenoxy) is 1. The quantitative estimate of drug-likeness (QED) is 0.683. The minimum atomic E-state index is 0.500. The molecular weight excluding hydrogens is 186 g/mol. The summed E-state index contributed by atoms with van der Waals surface area (Å²) in [5, 5.41) is 0.500. The third kappa shape index (κ3) is 2.46. The molecule has 0 aromatic heterocycles. The zero-order chi connectivity index (χ0) is 9.68. The molecule has 3 heteroatoms. The Balaban J connectivity index is 3.05. The highest BCUT2D eigenvalue weighted by Gasteiger charge is 2.05. The molecule has 1 rings (SSSR count). The molecule has 0 saturated heterocycles. The van der Waals surface area contributed by atoms with Crippen LogP contribution in [0, 0.1) is 0 Å². The summed E-state index contributed by atoms with van der Waals surface area (Å²) in [6, 6.07) is 7.56. The molecule has 0 atom stereocenters. The van der Waals surface area contributed by atoms with Crippen molar-refractivity contribution in [3.05, 3.63) is 29.8 Å². The Kier molecular flexibility index (Phi) is 3.77. The Morgan fingerprint density at radius 2 is 2.15 bits per heavy atom. The van der Waals surface area contributed by atoms with Crippen molar-refractivity contribution in [3.63, 3.8) is 0 Å². The van der Waals surface area contributed by atoms with Gasteiger partial charge < -0.3 is 4.74 Å². The molecule has 0 aliphatic rings. The predicted molar refractivity (Wildman–Crippen MR) is 55.9 cm³/mol. The average molecular weight is 198 g/mol. The van der Waals surface area contributed by atoms with Gasteiger partial charge in [-0.2, -0.15) is 0 Å². The van der Waals surface area contributed by atoms with E-state index in [0.717, 1.165) is 11.3 Å². The van der Waals surface area contributed by atoms with Crippen molar-refractivity contribution in [1.82, 2.24) is 0 Å². The normalized spacial score (nSPS) is 11.5. The number of aliphatic imine (C=N–C) groups is 1. The molecule has 0 bridgehead atoms. The molecule has 0 spiro atoms. The molecule has 0 fully saturated rings. The second-order valence-electron chi connectivity index (χ2n) is 2.47. The zero-order valence-corrected chi connectivity index (χ0v) is 8.51. The van der Waals surface area contributed by atoms with E-state index in [-0.39, 0.29) is 0 Å². The molecule has 0 N–H and O–H groups in total. The lowest BCUT2D eigenvalue weighted by molar-refractivity contribution is 0.414. The van der Waals surface area contributed by atoms with Gasteiger partial charge in [-0.1, -0.05) is 23.7 Å². The van der Waals surface area contributed by atoms with E-state index in [1.165, 1.54) is 0 Å². The van der Waals surface area contributed by atoms with E-state index < -0.39 is 0 Å². The van der Waals surface area contributed by atoms with Crippen molar-refractivity contribution in [3.8, 4) is 5.75 Å². The van der Waals surface area contributed by atoms with Gasteiger partial charge >= 0.3 is 0 Å². The minimum absolute atomic E-state index is 0.500. The van der Waals surface area contributed by atoms with Gasteiger partial charge in [-0.05, 0) is 19.1 Å². The third-order valence-electron chi connectivity index (χ3n) is 1.63. The van der Waals surface area contributed by atoms with E-state index in [9.17, 15) is 0 Å². The van der Waals surface area contributed by atoms with Crippen LogP contribution < -0.4 is 4.74 Å². The van der Waals surface area contributed by atoms with Gasteiger partial charge in [-0.25, -0.2) is 0 Å². The predicted octanol–water partition coefficient (Wildman–Crippen LogP) is 2.70. The summed E-state index contributed by atoms with van der Waals surface area (Å²) in [6.45, 7) is 2.62. The SMILES string of the molecule is CC/N=C(\Cl)c1ccccc1OC. The molecule has 0 aliphatic carbocycles. The molecule has 1 aromatic carbocycles. The monoisotopic (exact) mass is 197 g/mol. The molecule has 13 heavy (non-hydrogen) atoms. The Hall–Kier alpha value is -1.02. The lowest BCUT2D eigenvalue weighted by atomic mass is 10.2. The number of methoxy groups -OCH3 is 1. The van der Waals surface area contributed by atoms with Crippen molar-refractivity contribution in [2.45, 2.75) is 6.92 Å². The highest BCUT2D eigenvalue weighted by atomic mass is 35.5. The van der Waals surface area contributed by atoms with Crippen LogP contribution in [-0.4, -0.2) is 18.8 Å². The average Bonchev–Trinajstić information content (AvgIpc) is 2.18. The number of benzene rings is 1. The molecule has 0 unspecified atom stereocenters. The van der Waals surface area contributed by atoms with Crippen molar-refractivity contribution in [2.24, 2.45) is 4.99 Å². The van der Waals surface area contributed by atoms with Crippen molar-refractivity contribution in [1.29, 1.82) is 0 Å². The van der Waals surface area contributed by atoms with Gasteiger partial charge in [0.2, 0.25) is 0 Å². The highest BCUT2D eigenvalue weighted by molar-refractivity contribution is 6.69. The Morgan fingerprint density at radius 3 is 2.77 bits per heavy atom. The van der Waals surface area contributed by atoms with E-state index in [0.29, 0.717) is 11.7 Å². The van der Waals surface area contributed by atoms with Crippen LogP contribution >= 0.6 is 11.6 Å². The Bertz CT molecular complexity index is 310. The molecule has 0 heterocycles. The first-order chi connectivity index (χ1) is 6.29. The van der Waals surface area contributed by atoms with Gasteiger partial charge in [0.15, 0.2) is 0 Å². The van der Waals surface area contributed by atoms with E-state index in [4.69, 9.17) is 16.3 Å². The summed E-state index contributed by atoms with van der Waals surface area (Å²) in [5.41, 5.74) is 0.841. The summed E-state index contributed by atoms with van der Waals surface area (Å²) in [7, 11) is 1.62. The lowest BCUT2D eigenvalue weighted by Gasteiger charge is -2.05. The number of halogens is 1.